The van der Waals surface area contributed by atoms with E-state index in [1.54, 1.807) is 0 Å². The Morgan fingerprint density at radius 2 is 1.40 bits per heavy atom. The van der Waals surface area contributed by atoms with Gasteiger partial charge in [-0.05, 0) is 59.5 Å². The van der Waals surface area contributed by atoms with E-state index < -0.39 is 0 Å². The fraction of sp³-hybridized carbons (Fsp3) is 1.00. The fourth-order valence-corrected chi connectivity index (χ4v) is 3.01. The lowest BCUT2D eigenvalue weighted by Crippen LogP contribution is -2.50. The third-order valence-corrected chi connectivity index (χ3v) is 4.07. The molecule has 2 aliphatic rings. The molecule has 0 bridgehead atoms. The number of piperidine rings is 1. The van der Waals surface area contributed by atoms with Crippen LogP contribution >= 0.6 is 0 Å². The van der Waals surface area contributed by atoms with Crippen LogP contribution in [0.4, 0.5) is 0 Å². The molecule has 2 fully saturated rings. The number of nitrogens with zero attached hydrogens (tertiary/aromatic N) is 2. The van der Waals surface area contributed by atoms with Gasteiger partial charge in [-0.2, -0.15) is 0 Å². The van der Waals surface area contributed by atoms with Crippen molar-refractivity contribution in [2.45, 2.75) is 58.0 Å². The standard InChI is InChI=1S/C13H26N2/c1-13(2,3)15-10-6-12(7-11-15)14-8-4-5-9-14/h12H,4-11H2,1-3H3. The molecule has 0 spiro atoms. The second-order valence-corrected chi connectivity index (χ2v) is 6.13. The van der Waals surface area contributed by atoms with Gasteiger partial charge in [0.1, 0.15) is 0 Å². The monoisotopic (exact) mass is 210 g/mol. The predicted molar refractivity (Wildman–Crippen MR) is 65.2 cm³/mol. The molecule has 0 amide bonds. The van der Waals surface area contributed by atoms with Gasteiger partial charge in [0, 0.05) is 24.7 Å². The maximum Gasteiger partial charge on any atom is 0.0125 e. The van der Waals surface area contributed by atoms with Crippen molar-refractivity contribution in [2.24, 2.45) is 0 Å². The van der Waals surface area contributed by atoms with Crippen molar-refractivity contribution in [3.8, 4) is 0 Å². The summed E-state index contributed by atoms with van der Waals surface area (Å²) in [7, 11) is 0. The molecule has 2 heteroatoms. The van der Waals surface area contributed by atoms with Gasteiger partial charge in [-0.1, -0.05) is 0 Å². The van der Waals surface area contributed by atoms with Crippen LogP contribution in [-0.4, -0.2) is 47.6 Å². The topological polar surface area (TPSA) is 6.48 Å². The molecule has 0 aliphatic carbocycles. The molecule has 2 rings (SSSR count). The van der Waals surface area contributed by atoms with Crippen LogP contribution in [0.3, 0.4) is 0 Å². The van der Waals surface area contributed by atoms with Crippen molar-refractivity contribution in [1.29, 1.82) is 0 Å². The van der Waals surface area contributed by atoms with Crippen molar-refractivity contribution >= 4 is 0 Å². The van der Waals surface area contributed by atoms with E-state index in [1.165, 1.54) is 51.9 Å². The van der Waals surface area contributed by atoms with Crippen molar-refractivity contribution in [2.75, 3.05) is 26.2 Å². The van der Waals surface area contributed by atoms with E-state index in [-0.39, 0.29) is 0 Å². The summed E-state index contributed by atoms with van der Waals surface area (Å²) in [5.74, 6) is 0. The number of hydrogen-bond acceptors (Lipinski definition) is 2. The molecule has 88 valence electrons. The molecule has 0 saturated carbocycles. The Labute approximate surface area is 94.6 Å². The van der Waals surface area contributed by atoms with E-state index in [9.17, 15) is 0 Å². The quantitative estimate of drug-likeness (QED) is 0.655. The number of likely N-dealkylation sites (tertiary alicyclic amines) is 2. The van der Waals surface area contributed by atoms with E-state index in [0.717, 1.165) is 6.04 Å². The predicted octanol–water partition coefficient (Wildman–Crippen LogP) is 2.35. The summed E-state index contributed by atoms with van der Waals surface area (Å²) < 4.78 is 0. The maximum absolute atomic E-state index is 2.72. The van der Waals surface area contributed by atoms with Crippen LogP contribution in [0.1, 0.15) is 46.5 Å². The molecule has 2 heterocycles. The molecule has 15 heavy (non-hydrogen) atoms. The first-order valence-electron chi connectivity index (χ1n) is 6.56. The summed E-state index contributed by atoms with van der Waals surface area (Å²) in [6.07, 6.45) is 5.63. The number of hydrogen-bond donors (Lipinski definition) is 0. The molecule has 0 aromatic rings. The molecule has 0 N–H and O–H groups in total. The smallest absolute Gasteiger partial charge is 0.0125 e. The molecular weight excluding hydrogens is 184 g/mol. The van der Waals surface area contributed by atoms with Crippen molar-refractivity contribution in [3.05, 3.63) is 0 Å². The van der Waals surface area contributed by atoms with Gasteiger partial charge in [-0.3, -0.25) is 4.90 Å². The normalized spacial score (nSPS) is 27.4. The molecule has 0 aromatic carbocycles. The summed E-state index contributed by atoms with van der Waals surface area (Å²) in [6.45, 7) is 12.3. The van der Waals surface area contributed by atoms with E-state index in [1.807, 2.05) is 0 Å². The van der Waals surface area contributed by atoms with Crippen LogP contribution in [0.2, 0.25) is 0 Å². The lowest BCUT2D eigenvalue weighted by molar-refractivity contribution is 0.0649. The van der Waals surface area contributed by atoms with Crippen molar-refractivity contribution in [3.63, 3.8) is 0 Å². The second kappa shape index (κ2) is 4.42. The maximum atomic E-state index is 2.72. The van der Waals surface area contributed by atoms with Gasteiger partial charge >= 0.3 is 0 Å². The van der Waals surface area contributed by atoms with Gasteiger partial charge in [-0.15, -0.1) is 0 Å². The third kappa shape index (κ3) is 2.73. The van der Waals surface area contributed by atoms with E-state index in [2.05, 4.69) is 30.6 Å². The molecule has 0 atom stereocenters. The second-order valence-electron chi connectivity index (χ2n) is 6.13. The average molecular weight is 210 g/mol. The van der Waals surface area contributed by atoms with Crippen LogP contribution < -0.4 is 0 Å². The van der Waals surface area contributed by atoms with Crippen molar-refractivity contribution in [1.82, 2.24) is 9.80 Å². The zero-order valence-electron chi connectivity index (χ0n) is 10.6. The van der Waals surface area contributed by atoms with Gasteiger partial charge in [0.15, 0.2) is 0 Å². The minimum absolute atomic E-state index is 0.371. The van der Waals surface area contributed by atoms with Crippen LogP contribution in [0.25, 0.3) is 0 Å². The van der Waals surface area contributed by atoms with Crippen LogP contribution in [0, 0.1) is 0 Å². The van der Waals surface area contributed by atoms with Crippen LogP contribution in [-0.2, 0) is 0 Å². The molecule has 0 radical (unpaired) electrons. The summed E-state index contributed by atoms with van der Waals surface area (Å²) >= 11 is 0. The summed E-state index contributed by atoms with van der Waals surface area (Å²) in [5.41, 5.74) is 0.371. The van der Waals surface area contributed by atoms with Gasteiger partial charge < -0.3 is 4.90 Å². The van der Waals surface area contributed by atoms with Gasteiger partial charge in [0.2, 0.25) is 0 Å². The van der Waals surface area contributed by atoms with E-state index >= 15 is 0 Å². The zero-order valence-corrected chi connectivity index (χ0v) is 10.6. The first kappa shape index (κ1) is 11.4. The highest BCUT2D eigenvalue weighted by Gasteiger charge is 2.30. The average Bonchev–Trinajstić information content (AvgIpc) is 2.69. The first-order valence-corrected chi connectivity index (χ1v) is 6.56. The Balaban J connectivity index is 1.81. The number of rotatable bonds is 1. The molecule has 0 aromatic heterocycles. The van der Waals surface area contributed by atoms with Gasteiger partial charge in [-0.25, -0.2) is 0 Å². The highest BCUT2D eigenvalue weighted by atomic mass is 15.2. The molecule has 0 unspecified atom stereocenters. The van der Waals surface area contributed by atoms with E-state index in [4.69, 9.17) is 0 Å². The van der Waals surface area contributed by atoms with Gasteiger partial charge in [0.25, 0.3) is 0 Å². The highest BCUT2D eigenvalue weighted by molar-refractivity contribution is 4.86. The fourth-order valence-electron chi connectivity index (χ4n) is 3.01. The molecule has 2 aliphatic heterocycles. The summed E-state index contributed by atoms with van der Waals surface area (Å²) in [6, 6.07) is 0.895. The summed E-state index contributed by atoms with van der Waals surface area (Å²) in [5, 5.41) is 0. The molecule has 2 saturated heterocycles. The first-order chi connectivity index (χ1) is 7.07. The van der Waals surface area contributed by atoms with Crippen LogP contribution in [0.5, 0.6) is 0 Å². The molecular formula is C13H26N2. The lowest BCUT2D eigenvalue weighted by atomic mass is 9.97. The Bertz CT molecular complexity index is 193. The Hall–Kier alpha value is -0.0800. The Morgan fingerprint density at radius 1 is 0.867 bits per heavy atom. The van der Waals surface area contributed by atoms with E-state index in [0.29, 0.717) is 5.54 Å². The minimum atomic E-state index is 0.371. The summed E-state index contributed by atoms with van der Waals surface area (Å²) in [4.78, 5) is 5.36. The Kier molecular flexibility index (Phi) is 3.36. The minimum Gasteiger partial charge on any atom is -0.300 e. The Morgan fingerprint density at radius 3 is 1.87 bits per heavy atom. The van der Waals surface area contributed by atoms with Crippen LogP contribution in [0.15, 0.2) is 0 Å². The lowest BCUT2D eigenvalue weighted by Gasteiger charge is -2.43. The largest absolute Gasteiger partial charge is 0.300 e. The SMILES string of the molecule is CC(C)(C)N1CCC(N2CCCC2)CC1. The third-order valence-electron chi connectivity index (χ3n) is 4.07. The molecule has 2 nitrogen and oxygen atoms in total. The van der Waals surface area contributed by atoms with Gasteiger partial charge in [0.05, 0.1) is 0 Å². The highest BCUT2D eigenvalue weighted by Crippen LogP contribution is 2.25. The zero-order chi connectivity index (χ0) is 10.9. The van der Waals surface area contributed by atoms with Crippen molar-refractivity contribution < 1.29 is 0 Å².